The molecule has 3 N–H and O–H groups in total. The molecule has 0 bridgehead atoms. The number of ether oxygens (including phenoxy) is 1. The number of rotatable bonds is 5. The van der Waals surface area contributed by atoms with E-state index in [1.807, 2.05) is 6.07 Å². The first kappa shape index (κ1) is 21.3. The lowest BCUT2D eigenvalue weighted by atomic mass is 9.96. The fraction of sp³-hybridized carbons (Fsp3) is 0.211. The average Bonchev–Trinajstić information content (AvgIpc) is 3.12. The van der Waals surface area contributed by atoms with Gasteiger partial charge in [-0.3, -0.25) is 4.79 Å². The monoisotopic (exact) mass is 438 g/mol. The second kappa shape index (κ2) is 8.51. The second-order valence-corrected chi connectivity index (χ2v) is 6.72. The van der Waals surface area contributed by atoms with Crippen LogP contribution in [0.5, 0.6) is 5.75 Å². The summed E-state index contributed by atoms with van der Waals surface area (Å²) in [5, 5.41) is 17.1. The first-order valence-electron chi connectivity index (χ1n) is 8.56. The second-order valence-electron chi connectivity index (χ2n) is 6.32. The number of nitrogens with zero attached hydrogens (tertiary/aromatic N) is 1. The molecule has 3 rings (SSSR count). The van der Waals surface area contributed by atoms with Crippen LogP contribution in [-0.2, 0) is 4.79 Å². The van der Waals surface area contributed by atoms with E-state index in [0.717, 1.165) is 12.1 Å². The van der Waals surface area contributed by atoms with E-state index in [9.17, 15) is 28.0 Å². The van der Waals surface area contributed by atoms with Crippen molar-refractivity contribution in [3.63, 3.8) is 0 Å². The predicted molar refractivity (Wildman–Crippen MR) is 99.6 cm³/mol. The number of hydrogen-bond acceptors (Lipinski definition) is 4. The number of carbonyl (C=O) groups excluding carboxylic acids is 2. The van der Waals surface area contributed by atoms with Crippen LogP contribution in [0.4, 0.5) is 18.0 Å². The average molecular weight is 439 g/mol. The predicted octanol–water partition coefficient (Wildman–Crippen LogP) is 3.00. The third-order valence-electron chi connectivity index (χ3n) is 4.27. The molecule has 3 amide bonds. The maximum Gasteiger partial charge on any atom is 0.573 e. The Hall–Kier alpha value is -3.45. The number of urea groups is 1. The summed E-state index contributed by atoms with van der Waals surface area (Å²) in [4.78, 5) is 23.9. The van der Waals surface area contributed by atoms with Gasteiger partial charge in [0.25, 0.3) is 0 Å². The first-order chi connectivity index (χ1) is 14.2. The van der Waals surface area contributed by atoms with E-state index in [1.54, 1.807) is 6.07 Å². The highest BCUT2D eigenvalue weighted by Crippen LogP contribution is 2.29. The summed E-state index contributed by atoms with van der Waals surface area (Å²) in [5.41, 5.74) is 1.08. The van der Waals surface area contributed by atoms with Crippen LogP contribution in [0.1, 0.15) is 22.7 Å². The van der Waals surface area contributed by atoms with Gasteiger partial charge in [0.05, 0.1) is 16.6 Å². The van der Waals surface area contributed by atoms with Gasteiger partial charge in [0.15, 0.2) is 0 Å². The van der Waals surface area contributed by atoms with Crippen LogP contribution in [0.3, 0.4) is 0 Å². The Morgan fingerprint density at radius 3 is 2.47 bits per heavy atom. The minimum Gasteiger partial charge on any atom is -0.406 e. The Morgan fingerprint density at radius 1 is 1.23 bits per heavy atom. The third kappa shape index (κ3) is 5.12. The Balaban J connectivity index is 1.92. The number of nitrogens with one attached hydrogen (secondary N) is 3. The van der Waals surface area contributed by atoms with Crippen LogP contribution < -0.4 is 20.7 Å². The van der Waals surface area contributed by atoms with E-state index in [1.165, 1.54) is 24.3 Å². The highest BCUT2D eigenvalue weighted by atomic mass is 35.5. The summed E-state index contributed by atoms with van der Waals surface area (Å²) in [5.74, 6) is -0.931. The van der Waals surface area contributed by atoms with Crippen LogP contribution in [0.25, 0.3) is 0 Å². The van der Waals surface area contributed by atoms with Crippen LogP contribution in [0, 0.1) is 11.3 Å². The summed E-state index contributed by atoms with van der Waals surface area (Å²) < 4.78 is 41.1. The minimum absolute atomic E-state index is 0.0831. The van der Waals surface area contributed by atoms with Crippen molar-refractivity contribution in [3.8, 4) is 11.8 Å². The van der Waals surface area contributed by atoms with Crippen molar-refractivity contribution in [1.82, 2.24) is 16.0 Å². The molecular weight excluding hydrogens is 425 g/mol. The number of hydrogen-bond donors (Lipinski definition) is 3. The Labute approximate surface area is 173 Å². The Bertz CT molecular complexity index is 1010. The zero-order valence-electron chi connectivity index (χ0n) is 15.1. The van der Waals surface area contributed by atoms with E-state index >= 15 is 0 Å². The smallest absolute Gasteiger partial charge is 0.406 e. The summed E-state index contributed by atoms with van der Waals surface area (Å²) in [6, 6.07) is 9.28. The normalized spacial score (nSPS) is 16.8. The van der Waals surface area contributed by atoms with Crippen molar-refractivity contribution in [1.29, 1.82) is 5.26 Å². The van der Waals surface area contributed by atoms with Crippen LogP contribution in [-0.4, -0.2) is 30.9 Å². The lowest BCUT2D eigenvalue weighted by Crippen LogP contribution is -2.44. The van der Waals surface area contributed by atoms with Crippen LogP contribution in [0.15, 0.2) is 42.5 Å². The Kier molecular flexibility index (Phi) is 6.03. The Morgan fingerprint density at radius 2 is 1.90 bits per heavy atom. The van der Waals surface area contributed by atoms with Crippen molar-refractivity contribution >= 4 is 23.5 Å². The number of benzene rings is 2. The quantitative estimate of drug-likeness (QED) is 0.667. The van der Waals surface area contributed by atoms with Crippen molar-refractivity contribution < 1.29 is 27.5 Å². The summed E-state index contributed by atoms with van der Waals surface area (Å²) in [7, 11) is 0. The van der Waals surface area contributed by atoms with Gasteiger partial charge in [-0.2, -0.15) is 5.26 Å². The van der Waals surface area contributed by atoms with Gasteiger partial charge in [0.1, 0.15) is 17.9 Å². The molecule has 1 saturated heterocycles. The summed E-state index contributed by atoms with van der Waals surface area (Å²) in [6.07, 6.45) is -4.83. The zero-order valence-corrected chi connectivity index (χ0v) is 15.8. The molecule has 0 aliphatic carbocycles. The lowest BCUT2D eigenvalue weighted by Gasteiger charge is -2.22. The molecule has 1 aliphatic heterocycles. The fourth-order valence-corrected chi connectivity index (χ4v) is 3.05. The number of halogens is 4. The molecule has 0 radical (unpaired) electrons. The summed E-state index contributed by atoms with van der Waals surface area (Å²) >= 11 is 5.97. The van der Waals surface area contributed by atoms with Gasteiger partial charge in [-0.1, -0.05) is 29.8 Å². The third-order valence-corrected chi connectivity index (χ3v) is 4.60. The molecule has 1 fully saturated rings. The zero-order chi connectivity index (χ0) is 21.9. The van der Waals surface area contributed by atoms with Gasteiger partial charge < -0.3 is 20.7 Å². The molecule has 0 spiro atoms. The van der Waals surface area contributed by atoms with Crippen LogP contribution in [0.2, 0.25) is 5.02 Å². The van der Waals surface area contributed by atoms with Gasteiger partial charge in [-0.15, -0.1) is 13.2 Å². The molecule has 7 nitrogen and oxygen atoms in total. The van der Waals surface area contributed by atoms with E-state index in [-0.39, 0.29) is 17.1 Å². The number of nitriles is 1. The molecule has 0 aromatic heterocycles. The molecule has 2 aromatic rings. The SMILES string of the molecule is N#Cc1cc([C@H](NC(=O)[C@@H]2CNC(=O)N2)c2ccc(OC(F)(F)F)cc2)ccc1Cl. The lowest BCUT2D eigenvalue weighted by molar-refractivity contribution is -0.274. The van der Waals surface area contributed by atoms with E-state index < -0.39 is 36.1 Å². The molecule has 0 unspecified atom stereocenters. The molecular formula is C19H14ClF3N4O3. The maximum atomic E-state index is 12.6. The van der Waals surface area contributed by atoms with Gasteiger partial charge >= 0.3 is 12.4 Å². The van der Waals surface area contributed by atoms with Gasteiger partial charge in [-0.05, 0) is 35.4 Å². The summed E-state index contributed by atoms with van der Waals surface area (Å²) in [6.45, 7) is 0.0831. The van der Waals surface area contributed by atoms with Crippen molar-refractivity contribution in [2.75, 3.05) is 6.54 Å². The molecule has 11 heteroatoms. The first-order valence-corrected chi connectivity index (χ1v) is 8.94. The van der Waals surface area contributed by atoms with E-state index in [4.69, 9.17) is 11.6 Å². The standard InChI is InChI=1S/C19H14ClF3N4O3/c20-14-6-3-11(7-12(14)8-24)16(27-17(28)15-9-25-18(29)26-15)10-1-4-13(5-2-10)30-19(21,22)23/h1-7,15-16H,9H2,(H,27,28)(H2,25,26,29)/t15-,16+/m0/s1. The fourth-order valence-electron chi connectivity index (χ4n) is 2.89. The van der Waals surface area contributed by atoms with E-state index in [0.29, 0.717) is 11.1 Å². The molecule has 30 heavy (non-hydrogen) atoms. The molecule has 1 heterocycles. The van der Waals surface area contributed by atoms with E-state index in [2.05, 4.69) is 20.7 Å². The molecule has 2 atom stereocenters. The number of amides is 3. The highest BCUT2D eigenvalue weighted by molar-refractivity contribution is 6.31. The van der Waals surface area contributed by atoms with Gasteiger partial charge in [0.2, 0.25) is 5.91 Å². The van der Waals surface area contributed by atoms with Gasteiger partial charge in [0, 0.05) is 6.54 Å². The minimum atomic E-state index is -4.83. The molecule has 1 aliphatic rings. The van der Waals surface area contributed by atoms with Crippen LogP contribution >= 0.6 is 11.6 Å². The molecule has 2 aromatic carbocycles. The molecule has 0 saturated carbocycles. The van der Waals surface area contributed by atoms with Crippen molar-refractivity contribution in [2.45, 2.75) is 18.4 Å². The van der Waals surface area contributed by atoms with Crippen molar-refractivity contribution in [3.05, 3.63) is 64.2 Å². The molecule has 156 valence electrons. The highest BCUT2D eigenvalue weighted by Gasteiger charge is 2.32. The number of alkyl halides is 3. The largest absolute Gasteiger partial charge is 0.573 e. The number of carbonyl (C=O) groups is 2. The van der Waals surface area contributed by atoms with Gasteiger partial charge in [-0.25, -0.2) is 4.79 Å². The maximum absolute atomic E-state index is 12.6. The topological polar surface area (TPSA) is 103 Å². The van der Waals surface area contributed by atoms with Crippen molar-refractivity contribution in [2.24, 2.45) is 0 Å².